The van der Waals surface area contributed by atoms with Gasteiger partial charge in [0.25, 0.3) is 5.91 Å². The first-order valence-corrected chi connectivity index (χ1v) is 4.35. The zero-order valence-electron chi connectivity index (χ0n) is 6.90. The molecule has 0 aliphatic carbocycles. The van der Waals surface area contributed by atoms with Gasteiger partial charge in [0.1, 0.15) is 6.10 Å². The number of methoxy groups -OCH3 is 1. The molecule has 0 saturated heterocycles. The van der Waals surface area contributed by atoms with E-state index < -0.39 is 6.10 Å². The standard InChI is InChI=1S/C7H10N2O2S/c1-5(11-2)6(10)9-7-8-3-4-12-7/h3-5H,1-2H3,(H,8,9,10). The first-order valence-electron chi connectivity index (χ1n) is 3.47. The number of ether oxygens (including phenoxy) is 1. The lowest BCUT2D eigenvalue weighted by Crippen LogP contribution is -2.26. The fraction of sp³-hybridized carbons (Fsp3) is 0.429. The molecule has 0 aliphatic heterocycles. The predicted octanol–water partition coefficient (Wildman–Crippen LogP) is 1.12. The van der Waals surface area contributed by atoms with Gasteiger partial charge in [0.15, 0.2) is 5.13 Å². The number of carbonyl (C=O) groups is 1. The van der Waals surface area contributed by atoms with Crippen LogP contribution < -0.4 is 5.32 Å². The van der Waals surface area contributed by atoms with Crippen LogP contribution in [0.4, 0.5) is 5.13 Å². The molecule has 0 saturated carbocycles. The Morgan fingerprint density at radius 2 is 2.58 bits per heavy atom. The average Bonchev–Trinajstić information content (AvgIpc) is 2.55. The van der Waals surface area contributed by atoms with E-state index in [2.05, 4.69) is 10.3 Å². The Balaban J connectivity index is 2.47. The lowest BCUT2D eigenvalue weighted by atomic mass is 10.4. The molecule has 0 spiro atoms. The van der Waals surface area contributed by atoms with E-state index in [1.807, 2.05) is 0 Å². The minimum absolute atomic E-state index is 0.174. The van der Waals surface area contributed by atoms with Crippen molar-refractivity contribution in [3.63, 3.8) is 0 Å². The van der Waals surface area contributed by atoms with Crippen molar-refractivity contribution in [2.24, 2.45) is 0 Å². The van der Waals surface area contributed by atoms with Gasteiger partial charge < -0.3 is 4.74 Å². The second kappa shape index (κ2) is 4.18. The molecule has 1 N–H and O–H groups in total. The van der Waals surface area contributed by atoms with Gasteiger partial charge in [-0.3, -0.25) is 10.1 Å². The summed E-state index contributed by atoms with van der Waals surface area (Å²) < 4.78 is 4.83. The number of rotatable bonds is 3. The van der Waals surface area contributed by atoms with Crippen LogP contribution >= 0.6 is 11.3 Å². The maximum Gasteiger partial charge on any atom is 0.254 e. The Labute approximate surface area is 74.6 Å². The second-order valence-corrected chi connectivity index (χ2v) is 3.10. The Hall–Kier alpha value is -0.940. The van der Waals surface area contributed by atoms with Crippen LogP contribution in [-0.4, -0.2) is 24.1 Å². The fourth-order valence-electron chi connectivity index (χ4n) is 0.599. The summed E-state index contributed by atoms with van der Waals surface area (Å²) in [7, 11) is 1.49. The van der Waals surface area contributed by atoms with Crippen molar-refractivity contribution < 1.29 is 9.53 Å². The van der Waals surface area contributed by atoms with Gasteiger partial charge in [0.2, 0.25) is 0 Å². The highest BCUT2D eigenvalue weighted by Gasteiger charge is 2.11. The number of hydrogen-bond acceptors (Lipinski definition) is 4. The van der Waals surface area contributed by atoms with Crippen LogP contribution in [-0.2, 0) is 9.53 Å². The molecule has 1 unspecified atom stereocenters. The normalized spacial score (nSPS) is 12.5. The van der Waals surface area contributed by atoms with Crippen molar-refractivity contribution in [1.82, 2.24) is 4.98 Å². The summed E-state index contributed by atoms with van der Waals surface area (Å²) in [5.41, 5.74) is 0. The molecule has 1 aromatic rings. The van der Waals surface area contributed by atoms with E-state index in [1.54, 1.807) is 18.5 Å². The lowest BCUT2D eigenvalue weighted by molar-refractivity contribution is -0.124. The molecule has 1 atom stereocenters. The predicted molar refractivity (Wildman–Crippen MR) is 47.2 cm³/mol. The molecular formula is C7H10N2O2S. The Morgan fingerprint density at radius 1 is 1.83 bits per heavy atom. The van der Waals surface area contributed by atoms with Gasteiger partial charge in [-0.25, -0.2) is 4.98 Å². The van der Waals surface area contributed by atoms with Gasteiger partial charge >= 0.3 is 0 Å². The Bertz CT molecular complexity index is 248. The molecule has 1 aromatic heterocycles. The van der Waals surface area contributed by atoms with Crippen LogP contribution in [0.25, 0.3) is 0 Å². The molecule has 1 heterocycles. The van der Waals surface area contributed by atoms with Gasteiger partial charge in [-0.1, -0.05) is 0 Å². The van der Waals surface area contributed by atoms with Crippen LogP contribution in [0.15, 0.2) is 11.6 Å². The minimum atomic E-state index is -0.436. The van der Waals surface area contributed by atoms with Crippen molar-refractivity contribution >= 4 is 22.4 Å². The van der Waals surface area contributed by atoms with E-state index in [4.69, 9.17) is 4.74 Å². The van der Waals surface area contributed by atoms with E-state index >= 15 is 0 Å². The quantitative estimate of drug-likeness (QED) is 0.769. The van der Waals surface area contributed by atoms with E-state index in [0.717, 1.165) is 0 Å². The molecule has 4 nitrogen and oxygen atoms in total. The fourth-order valence-corrected chi connectivity index (χ4v) is 1.13. The van der Waals surface area contributed by atoms with E-state index in [-0.39, 0.29) is 5.91 Å². The second-order valence-electron chi connectivity index (χ2n) is 2.20. The maximum atomic E-state index is 11.2. The topological polar surface area (TPSA) is 51.2 Å². The molecule has 5 heteroatoms. The molecule has 0 aliphatic rings. The molecule has 1 rings (SSSR count). The summed E-state index contributed by atoms with van der Waals surface area (Å²) in [6.07, 6.45) is 1.20. The molecule has 0 fully saturated rings. The summed E-state index contributed by atoms with van der Waals surface area (Å²) >= 11 is 1.38. The van der Waals surface area contributed by atoms with E-state index in [1.165, 1.54) is 18.4 Å². The van der Waals surface area contributed by atoms with Crippen LogP contribution in [0.5, 0.6) is 0 Å². The number of nitrogens with zero attached hydrogens (tertiary/aromatic N) is 1. The maximum absolute atomic E-state index is 11.2. The third-order valence-corrected chi connectivity index (χ3v) is 2.07. The summed E-state index contributed by atoms with van der Waals surface area (Å²) in [5, 5.41) is 5.02. The Morgan fingerprint density at radius 3 is 3.08 bits per heavy atom. The zero-order chi connectivity index (χ0) is 8.97. The van der Waals surface area contributed by atoms with Crippen LogP contribution in [0.2, 0.25) is 0 Å². The monoisotopic (exact) mass is 186 g/mol. The van der Waals surface area contributed by atoms with Gasteiger partial charge in [0, 0.05) is 18.7 Å². The van der Waals surface area contributed by atoms with Crippen molar-refractivity contribution in [3.05, 3.63) is 11.6 Å². The van der Waals surface area contributed by atoms with Crippen LogP contribution in [0.3, 0.4) is 0 Å². The molecule has 1 amide bonds. The van der Waals surface area contributed by atoms with E-state index in [0.29, 0.717) is 5.13 Å². The first-order chi connectivity index (χ1) is 5.74. The highest BCUT2D eigenvalue weighted by atomic mass is 32.1. The molecule has 0 bridgehead atoms. The highest BCUT2D eigenvalue weighted by molar-refractivity contribution is 7.13. The minimum Gasteiger partial charge on any atom is -0.372 e. The van der Waals surface area contributed by atoms with Gasteiger partial charge in [-0.2, -0.15) is 0 Å². The largest absolute Gasteiger partial charge is 0.372 e. The van der Waals surface area contributed by atoms with Crippen LogP contribution in [0.1, 0.15) is 6.92 Å². The Kier molecular flexibility index (Phi) is 3.19. The smallest absolute Gasteiger partial charge is 0.254 e. The zero-order valence-corrected chi connectivity index (χ0v) is 7.72. The van der Waals surface area contributed by atoms with E-state index in [9.17, 15) is 4.79 Å². The number of carbonyl (C=O) groups excluding carboxylic acids is 1. The van der Waals surface area contributed by atoms with Crippen molar-refractivity contribution in [1.29, 1.82) is 0 Å². The molecule has 12 heavy (non-hydrogen) atoms. The van der Waals surface area contributed by atoms with Gasteiger partial charge in [-0.15, -0.1) is 11.3 Å². The number of amides is 1. The third kappa shape index (κ3) is 2.28. The molecular weight excluding hydrogens is 176 g/mol. The van der Waals surface area contributed by atoms with Crippen molar-refractivity contribution in [2.45, 2.75) is 13.0 Å². The number of nitrogens with one attached hydrogen (secondary N) is 1. The summed E-state index contributed by atoms with van der Waals surface area (Å²) in [6.45, 7) is 1.68. The SMILES string of the molecule is COC(C)C(=O)Nc1nccs1. The first kappa shape index (κ1) is 9.15. The van der Waals surface area contributed by atoms with Gasteiger partial charge in [0.05, 0.1) is 0 Å². The van der Waals surface area contributed by atoms with Crippen LogP contribution in [0, 0.1) is 0 Å². The lowest BCUT2D eigenvalue weighted by Gasteiger charge is -2.07. The van der Waals surface area contributed by atoms with Crippen molar-refractivity contribution in [2.75, 3.05) is 12.4 Å². The highest BCUT2D eigenvalue weighted by Crippen LogP contribution is 2.10. The van der Waals surface area contributed by atoms with Crippen molar-refractivity contribution in [3.8, 4) is 0 Å². The molecule has 66 valence electrons. The number of hydrogen-bond donors (Lipinski definition) is 1. The molecule has 0 radical (unpaired) electrons. The number of aromatic nitrogens is 1. The summed E-state index contributed by atoms with van der Waals surface area (Å²) in [5.74, 6) is -0.174. The summed E-state index contributed by atoms with van der Waals surface area (Å²) in [4.78, 5) is 15.1. The number of thiazole rings is 1. The van der Waals surface area contributed by atoms with Gasteiger partial charge in [-0.05, 0) is 6.92 Å². The summed E-state index contributed by atoms with van der Waals surface area (Å²) in [6, 6.07) is 0. The number of anilines is 1. The third-order valence-electron chi connectivity index (χ3n) is 1.39. The molecule has 0 aromatic carbocycles. The average molecular weight is 186 g/mol.